The van der Waals surface area contributed by atoms with Crippen LogP contribution in [0.2, 0.25) is 0 Å². The van der Waals surface area contributed by atoms with Crippen LogP contribution >= 0.6 is 11.3 Å². The summed E-state index contributed by atoms with van der Waals surface area (Å²) in [4.78, 5) is 9.47. The van der Waals surface area contributed by atoms with E-state index in [9.17, 15) is 0 Å². The molecule has 1 N–H and O–H groups in total. The van der Waals surface area contributed by atoms with Crippen LogP contribution in [0.1, 0.15) is 16.1 Å². The lowest BCUT2D eigenvalue weighted by Gasteiger charge is -1.92. The summed E-state index contributed by atoms with van der Waals surface area (Å²) < 4.78 is 0. The van der Waals surface area contributed by atoms with Crippen LogP contribution in [0.25, 0.3) is 0 Å². The second-order valence-corrected chi connectivity index (χ2v) is 4.51. The monoisotopic (exact) mass is 232 g/mol. The molecule has 2 aromatic rings. The highest BCUT2D eigenvalue weighted by Crippen LogP contribution is 2.20. The standard InChI is InChI=1S/C11H12N4S/c1-8-9(2)16-11(14-8)15-13-7-10-3-5-12-6-4-10/h3-7H,1-2H3,(H,14,15)/b13-7-. The molecule has 0 amide bonds. The van der Waals surface area contributed by atoms with Crippen molar-refractivity contribution in [2.75, 3.05) is 5.43 Å². The molecule has 2 aromatic heterocycles. The van der Waals surface area contributed by atoms with Gasteiger partial charge in [-0.1, -0.05) is 0 Å². The van der Waals surface area contributed by atoms with Crippen LogP contribution in [0.15, 0.2) is 29.6 Å². The molecule has 0 aliphatic carbocycles. The molecular weight excluding hydrogens is 220 g/mol. The van der Waals surface area contributed by atoms with Gasteiger partial charge in [-0.15, -0.1) is 11.3 Å². The van der Waals surface area contributed by atoms with Gasteiger partial charge in [0.25, 0.3) is 0 Å². The van der Waals surface area contributed by atoms with Crippen LogP contribution in [-0.2, 0) is 0 Å². The van der Waals surface area contributed by atoms with Crippen LogP contribution in [0.4, 0.5) is 5.13 Å². The molecule has 0 fully saturated rings. The molecule has 0 bridgehead atoms. The number of hydrogen-bond donors (Lipinski definition) is 1. The molecule has 0 aliphatic heterocycles. The maximum atomic E-state index is 4.32. The second kappa shape index (κ2) is 4.85. The van der Waals surface area contributed by atoms with Crippen molar-refractivity contribution in [2.24, 2.45) is 5.10 Å². The van der Waals surface area contributed by atoms with Gasteiger partial charge in [-0.3, -0.25) is 10.4 Å². The minimum absolute atomic E-state index is 0.820. The Balaban J connectivity index is 2.00. The van der Waals surface area contributed by atoms with Crippen molar-refractivity contribution in [3.8, 4) is 0 Å². The zero-order valence-electron chi connectivity index (χ0n) is 9.14. The SMILES string of the molecule is Cc1nc(N/N=C\c2ccncc2)sc1C. The van der Waals surface area contributed by atoms with Gasteiger partial charge < -0.3 is 0 Å². The van der Waals surface area contributed by atoms with E-state index in [1.807, 2.05) is 26.0 Å². The van der Waals surface area contributed by atoms with Crippen molar-refractivity contribution < 1.29 is 0 Å². The molecule has 0 radical (unpaired) electrons. The third-order valence-corrected chi connectivity index (χ3v) is 3.09. The van der Waals surface area contributed by atoms with E-state index in [1.165, 1.54) is 4.88 Å². The van der Waals surface area contributed by atoms with Crippen molar-refractivity contribution in [1.29, 1.82) is 0 Å². The summed E-state index contributed by atoms with van der Waals surface area (Å²) in [5.41, 5.74) is 4.97. The van der Waals surface area contributed by atoms with Gasteiger partial charge in [0.15, 0.2) is 0 Å². The smallest absolute Gasteiger partial charge is 0.203 e. The zero-order valence-corrected chi connectivity index (χ0v) is 9.95. The Kier molecular flexibility index (Phi) is 3.26. The topological polar surface area (TPSA) is 50.2 Å². The van der Waals surface area contributed by atoms with Crippen LogP contribution in [0.5, 0.6) is 0 Å². The van der Waals surface area contributed by atoms with E-state index in [4.69, 9.17) is 0 Å². The third-order valence-electron chi connectivity index (χ3n) is 2.11. The molecule has 5 heteroatoms. The van der Waals surface area contributed by atoms with Crippen LogP contribution < -0.4 is 5.43 Å². The number of hydrazone groups is 1. The van der Waals surface area contributed by atoms with Crippen molar-refractivity contribution in [2.45, 2.75) is 13.8 Å². The summed E-state index contributed by atoms with van der Waals surface area (Å²) >= 11 is 1.60. The molecule has 82 valence electrons. The number of rotatable bonds is 3. The van der Waals surface area contributed by atoms with Gasteiger partial charge in [-0.05, 0) is 31.5 Å². The fourth-order valence-corrected chi connectivity index (χ4v) is 1.90. The zero-order chi connectivity index (χ0) is 11.4. The number of thiazole rings is 1. The van der Waals surface area contributed by atoms with Gasteiger partial charge in [-0.2, -0.15) is 5.10 Å². The molecule has 0 aromatic carbocycles. The molecule has 0 spiro atoms. The van der Waals surface area contributed by atoms with E-state index in [1.54, 1.807) is 29.9 Å². The Morgan fingerprint density at radius 3 is 2.69 bits per heavy atom. The van der Waals surface area contributed by atoms with Crippen LogP contribution in [-0.4, -0.2) is 16.2 Å². The van der Waals surface area contributed by atoms with Crippen molar-refractivity contribution in [3.63, 3.8) is 0 Å². The molecule has 4 nitrogen and oxygen atoms in total. The van der Waals surface area contributed by atoms with Gasteiger partial charge in [0.2, 0.25) is 5.13 Å². The Labute approximate surface area is 98.1 Å². The number of nitrogens with zero attached hydrogens (tertiary/aromatic N) is 3. The van der Waals surface area contributed by atoms with E-state index in [0.717, 1.165) is 16.4 Å². The molecule has 16 heavy (non-hydrogen) atoms. The number of anilines is 1. The Bertz CT molecular complexity index is 470. The quantitative estimate of drug-likeness (QED) is 0.653. The van der Waals surface area contributed by atoms with Crippen molar-refractivity contribution in [3.05, 3.63) is 40.7 Å². The lowest BCUT2D eigenvalue weighted by molar-refractivity contribution is 1.20. The van der Waals surface area contributed by atoms with Crippen LogP contribution in [0.3, 0.4) is 0 Å². The van der Waals surface area contributed by atoms with Crippen molar-refractivity contribution in [1.82, 2.24) is 9.97 Å². The predicted molar refractivity (Wildman–Crippen MR) is 67.0 cm³/mol. The minimum Gasteiger partial charge on any atom is -0.265 e. The Morgan fingerprint density at radius 1 is 1.31 bits per heavy atom. The molecular formula is C11H12N4S. The fraction of sp³-hybridized carbons (Fsp3) is 0.182. The largest absolute Gasteiger partial charge is 0.265 e. The van der Waals surface area contributed by atoms with E-state index in [-0.39, 0.29) is 0 Å². The maximum absolute atomic E-state index is 4.32. The normalized spacial score (nSPS) is 10.9. The van der Waals surface area contributed by atoms with Crippen molar-refractivity contribution >= 4 is 22.7 Å². The first kappa shape index (κ1) is 10.8. The first-order chi connectivity index (χ1) is 7.75. The average Bonchev–Trinajstić information content (AvgIpc) is 2.60. The van der Waals surface area contributed by atoms with Gasteiger partial charge >= 0.3 is 0 Å². The Hall–Kier alpha value is -1.75. The Morgan fingerprint density at radius 2 is 2.06 bits per heavy atom. The average molecular weight is 232 g/mol. The second-order valence-electron chi connectivity index (χ2n) is 3.31. The van der Waals surface area contributed by atoms with E-state index >= 15 is 0 Å². The predicted octanol–water partition coefficient (Wildman–Crippen LogP) is 2.60. The van der Waals surface area contributed by atoms with E-state index in [2.05, 4.69) is 20.5 Å². The molecule has 2 rings (SSSR count). The first-order valence-corrected chi connectivity index (χ1v) is 5.70. The lowest BCUT2D eigenvalue weighted by Crippen LogP contribution is -1.89. The summed E-state index contributed by atoms with van der Waals surface area (Å²) in [6.45, 7) is 4.04. The number of nitrogens with one attached hydrogen (secondary N) is 1. The number of pyridine rings is 1. The first-order valence-electron chi connectivity index (χ1n) is 4.89. The van der Waals surface area contributed by atoms with Gasteiger partial charge in [-0.25, -0.2) is 4.98 Å². The number of aryl methyl sites for hydroxylation is 2. The molecule has 0 unspecified atom stereocenters. The highest BCUT2D eigenvalue weighted by molar-refractivity contribution is 7.15. The van der Waals surface area contributed by atoms with Crippen LogP contribution in [0, 0.1) is 13.8 Å². The van der Waals surface area contributed by atoms with Gasteiger partial charge in [0.1, 0.15) is 0 Å². The highest BCUT2D eigenvalue weighted by Gasteiger charge is 2.00. The maximum Gasteiger partial charge on any atom is 0.203 e. The third kappa shape index (κ3) is 2.64. The summed E-state index contributed by atoms with van der Waals surface area (Å²) in [6.07, 6.45) is 5.21. The highest BCUT2D eigenvalue weighted by atomic mass is 32.1. The molecule has 0 atom stereocenters. The van der Waals surface area contributed by atoms with Gasteiger partial charge in [0, 0.05) is 17.3 Å². The van der Waals surface area contributed by atoms with E-state index < -0.39 is 0 Å². The minimum atomic E-state index is 0.820. The number of hydrogen-bond acceptors (Lipinski definition) is 5. The summed E-state index contributed by atoms with van der Waals surface area (Å²) in [5, 5.41) is 4.93. The molecule has 0 saturated heterocycles. The number of aromatic nitrogens is 2. The molecule has 0 saturated carbocycles. The summed E-state index contributed by atoms with van der Waals surface area (Å²) in [6, 6.07) is 3.78. The fourth-order valence-electron chi connectivity index (χ4n) is 1.13. The summed E-state index contributed by atoms with van der Waals surface area (Å²) in [5.74, 6) is 0. The lowest BCUT2D eigenvalue weighted by atomic mass is 10.3. The molecule has 0 aliphatic rings. The summed E-state index contributed by atoms with van der Waals surface area (Å²) in [7, 11) is 0. The van der Waals surface area contributed by atoms with Gasteiger partial charge in [0.05, 0.1) is 11.9 Å². The van der Waals surface area contributed by atoms with E-state index in [0.29, 0.717) is 0 Å². The molecule has 2 heterocycles.